The van der Waals surface area contributed by atoms with E-state index in [0.29, 0.717) is 39.2 Å². The molecule has 4 aromatic rings. The fourth-order valence-corrected chi connectivity index (χ4v) is 4.70. The lowest BCUT2D eigenvalue weighted by atomic mass is 10.2. The molecule has 0 saturated heterocycles. The molecular weight excluding hydrogens is 455 g/mol. The highest BCUT2D eigenvalue weighted by molar-refractivity contribution is 7.98. The number of amides is 1. The van der Waals surface area contributed by atoms with Crippen molar-refractivity contribution in [1.82, 2.24) is 15.2 Å². The van der Waals surface area contributed by atoms with Gasteiger partial charge in [0.25, 0.3) is 5.22 Å². The van der Waals surface area contributed by atoms with Gasteiger partial charge in [0.15, 0.2) is 16.6 Å². The second-order valence-electron chi connectivity index (χ2n) is 6.66. The van der Waals surface area contributed by atoms with Crippen LogP contribution in [0.2, 0.25) is 0 Å². The second-order valence-corrected chi connectivity index (χ2v) is 8.42. The third-order valence-corrected chi connectivity index (χ3v) is 6.24. The van der Waals surface area contributed by atoms with Crippen LogP contribution in [0.5, 0.6) is 11.5 Å². The molecule has 0 radical (unpaired) electrons. The third-order valence-electron chi connectivity index (χ3n) is 4.51. The number of rotatable bonds is 6. The molecule has 2 aromatic carbocycles. The topological polar surface area (TPSA) is 90.6 Å². The fourth-order valence-electron chi connectivity index (χ4n) is 3.06. The van der Waals surface area contributed by atoms with Gasteiger partial charge in [-0.2, -0.15) is 0 Å². The monoisotopic (exact) mass is 470 g/mol. The van der Waals surface area contributed by atoms with Gasteiger partial charge in [0.05, 0.1) is 11.4 Å². The van der Waals surface area contributed by atoms with E-state index in [9.17, 15) is 9.18 Å². The van der Waals surface area contributed by atoms with Crippen LogP contribution in [-0.2, 0) is 10.5 Å². The van der Waals surface area contributed by atoms with E-state index in [1.165, 1.54) is 41.0 Å². The summed E-state index contributed by atoms with van der Waals surface area (Å²) in [5.41, 5.74) is 1.60. The second kappa shape index (κ2) is 8.60. The van der Waals surface area contributed by atoms with Gasteiger partial charge >= 0.3 is 0 Å². The highest BCUT2D eigenvalue weighted by Crippen LogP contribution is 2.36. The normalized spacial score (nSPS) is 12.2. The van der Waals surface area contributed by atoms with Crippen molar-refractivity contribution in [3.05, 3.63) is 59.4 Å². The quantitative estimate of drug-likeness (QED) is 0.362. The van der Waals surface area contributed by atoms with Crippen molar-refractivity contribution in [2.45, 2.75) is 17.9 Å². The summed E-state index contributed by atoms with van der Waals surface area (Å²) in [6.07, 6.45) is 0. The summed E-state index contributed by atoms with van der Waals surface area (Å²) in [7, 11) is 0. The van der Waals surface area contributed by atoms with Crippen molar-refractivity contribution >= 4 is 39.8 Å². The summed E-state index contributed by atoms with van der Waals surface area (Å²) >= 11 is 2.58. The first-order valence-corrected chi connectivity index (χ1v) is 11.3. The average Bonchev–Trinajstić information content (AvgIpc) is 3.54. The van der Waals surface area contributed by atoms with E-state index in [0.717, 1.165) is 5.56 Å². The van der Waals surface area contributed by atoms with Crippen LogP contribution in [-0.4, -0.2) is 27.9 Å². The van der Waals surface area contributed by atoms with E-state index < -0.39 is 5.82 Å². The molecule has 0 bridgehead atoms. The molecule has 0 saturated carbocycles. The number of hydrogen-bond donors (Lipinski definition) is 0. The minimum Gasteiger partial charge on any atom is -0.454 e. The maximum Gasteiger partial charge on any atom is 0.277 e. The smallest absolute Gasteiger partial charge is 0.277 e. The minimum atomic E-state index is -0.490. The number of benzene rings is 2. The average molecular weight is 471 g/mol. The van der Waals surface area contributed by atoms with Gasteiger partial charge in [0.1, 0.15) is 5.82 Å². The van der Waals surface area contributed by atoms with Gasteiger partial charge in [-0.15, -0.1) is 21.5 Å². The molecule has 0 fully saturated rings. The largest absolute Gasteiger partial charge is 0.454 e. The number of para-hydroxylation sites is 1. The van der Waals surface area contributed by atoms with Gasteiger partial charge in [-0.05, 0) is 30.3 Å². The molecule has 0 spiro atoms. The summed E-state index contributed by atoms with van der Waals surface area (Å²) in [5, 5.41) is 10.7. The number of halogens is 1. The maximum atomic E-state index is 14.2. The Hall–Kier alpha value is -3.44. The van der Waals surface area contributed by atoms with Crippen LogP contribution >= 0.6 is 23.1 Å². The molecular formula is C21H15FN4O4S2. The van der Waals surface area contributed by atoms with Crippen molar-refractivity contribution in [2.24, 2.45) is 0 Å². The number of fused-ring (bicyclic) bond motifs is 1. The van der Waals surface area contributed by atoms with Crippen molar-refractivity contribution in [3.63, 3.8) is 0 Å². The van der Waals surface area contributed by atoms with E-state index in [1.54, 1.807) is 30.3 Å². The molecule has 0 N–H and O–H groups in total. The molecule has 32 heavy (non-hydrogen) atoms. The predicted molar refractivity (Wildman–Crippen MR) is 117 cm³/mol. The number of aromatic nitrogens is 3. The Morgan fingerprint density at radius 3 is 2.88 bits per heavy atom. The molecule has 0 unspecified atom stereocenters. The zero-order valence-electron chi connectivity index (χ0n) is 16.6. The van der Waals surface area contributed by atoms with E-state index in [-0.39, 0.29) is 18.4 Å². The van der Waals surface area contributed by atoms with E-state index in [1.807, 2.05) is 11.4 Å². The van der Waals surface area contributed by atoms with Gasteiger partial charge in [-0.1, -0.05) is 23.9 Å². The summed E-state index contributed by atoms with van der Waals surface area (Å²) in [4.78, 5) is 17.9. The Kier molecular flexibility index (Phi) is 5.50. The molecule has 1 aliphatic heterocycles. The van der Waals surface area contributed by atoms with Crippen molar-refractivity contribution < 1.29 is 23.1 Å². The van der Waals surface area contributed by atoms with Crippen LogP contribution in [0, 0.1) is 5.82 Å². The fraction of sp³-hybridized carbons (Fsp3) is 0.143. The number of ether oxygens (including phenoxy) is 2. The van der Waals surface area contributed by atoms with Crippen LogP contribution in [0.4, 0.5) is 15.2 Å². The molecule has 0 aliphatic carbocycles. The Balaban J connectivity index is 1.29. The van der Waals surface area contributed by atoms with Gasteiger partial charge in [0.2, 0.25) is 18.6 Å². The Labute approximate surface area is 190 Å². The Bertz CT molecular complexity index is 1290. The van der Waals surface area contributed by atoms with E-state index >= 15 is 0 Å². The lowest BCUT2D eigenvalue weighted by molar-refractivity contribution is -0.115. The number of thiazole rings is 1. The first-order valence-electron chi connectivity index (χ1n) is 9.44. The summed E-state index contributed by atoms with van der Waals surface area (Å²) < 4.78 is 30.6. The molecule has 1 aliphatic rings. The summed E-state index contributed by atoms with van der Waals surface area (Å²) in [5.74, 6) is 1.31. The summed E-state index contributed by atoms with van der Waals surface area (Å²) in [6.45, 7) is 1.57. The zero-order valence-corrected chi connectivity index (χ0v) is 18.3. The molecule has 3 heterocycles. The van der Waals surface area contributed by atoms with Gasteiger partial charge in [-0.25, -0.2) is 9.37 Å². The predicted octanol–water partition coefficient (Wildman–Crippen LogP) is 5.04. The van der Waals surface area contributed by atoms with Gasteiger partial charge in [0, 0.05) is 23.6 Å². The summed E-state index contributed by atoms with van der Waals surface area (Å²) in [6, 6.07) is 11.5. The van der Waals surface area contributed by atoms with Gasteiger partial charge in [-0.3, -0.25) is 9.69 Å². The van der Waals surface area contributed by atoms with Crippen molar-refractivity contribution in [3.8, 4) is 23.0 Å². The van der Waals surface area contributed by atoms with Gasteiger partial charge < -0.3 is 13.9 Å². The van der Waals surface area contributed by atoms with Crippen LogP contribution in [0.1, 0.15) is 12.6 Å². The SMILES string of the molecule is CC(=O)N(c1nc(CSc2nnc(-c3ccc4c(c3)OCO4)o2)cs1)c1ccccc1F. The minimum absolute atomic E-state index is 0.166. The molecule has 162 valence electrons. The van der Waals surface area contributed by atoms with Crippen LogP contribution in [0.25, 0.3) is 11.5 Å². The number of hydrogen-bond acceptors (Lipinski definition) is 9. The first-order chi connectivity index (χ1) is 15.6. The first kappa shape index (κ1) is 20.5. The molecule has 8 nitrogen and oxygen atoms in total. The Morgan fingerprint density at radius 2 is 2.03 bits per heavy atom. The van der Waals surface area contributed by atoms with Crippen LogP contribution in [0.15, 0.2) is 57.5 Å². The van der Waals surface area contributed by atoms with Crippen molar-refractivity contribution in [1.29, 1.82) is 0 Å². The number of carbonyl (C=O) groups is 1. The highest BCUT2D eigenvalue weighted by Gasteiger charge is 2.21. The standard InChI is InChI=1S/C21H15FN4O4S2/c1-12(27)26(16-5-3-2-4-15(16)22)20-23-14(9-31-20)10-32-21-25-24-19(30-21)13-6-7-17-18(8-13)29-11-28-17/h2-9H,10-11H2,1H3. The lowest BCUT2D eigenvalue weighted by Gasteiger charge is -2.18. The van der Waals surface area contributed by atoms with Crippen LogP contribution in [0.3, 0.4) is 0 Å². The number of thioether (sulfide) groups is 1. The molecule has 5 rings (SSSR count). The molecule has 11 heteroatoms. The maximum absolute atomic E-state index is 14.2. The highest BCUT2D eigenvalue weighted by atomic mass is 32.2. The number of carbonyl (C=O) groups excluding carboxylic acids is 1. The lowest BCUT2D eigenvalue weighted by Crippen LogP contribution is -2.23. The third kappa shape index (κ3) is 4.04. The number of nitrogens with zero attached hydrogens (tertiary/aromatic N) is 4. The van der Waals surface area contributed by atoms with E-state index in [2.05, 4.69) is 15.2 Å². The zero-order chi connectivity index (χ0) is 22.1. The molecule has 0 atom stereocenters. The Morgan fingerprint density at radius 1 is 1.19 bits per heavy atom. The van der Waals surface area contributed by atoms with Crippen molar-refractivity contribution in [2.75, 3.05) is 11.7 Å². The molecule has 2 aromatic heterocycles. The molecule has 1 amide bonds. The van der Waals surface area contributed by atoms with Crippen LogP contribution < -0.4 is 14.4 Å². The number of anilines is 2. The van der Waals surface area contributed by atoms with E-state index in [4.69, 9.17) is 13.9 Å².